The van der Waals surface area contributed by atoms with Gasteiger partial charge < -0.3 is 10.2 Å². The van der Waals surface area contributed by atoms with Crippen LogP contribution in [0.1, 0.15) is 37.8 Å². The largest absolute Gasteiger partial charge is 0.324 e. The summed E-state index contributed by atoms with van der Waals surface area (Å²) in [5.74, 6) is 2.83. The molecule has 0 unspecified atom stereocenters. The maximum Gasteiger partial charge on any atom is 0.162 e. The van der Waals surface area contributed by atoms with Crippen LogP contribution in [0.5, 0.6) is 0 Å². The fourth-order valence-corrected chi connectivity index (χ4v) is 5.11. The highest BCUT2D eigenvalue weighted by atomic mass is 32.1. The Balaban J connectivity index is 1.33. The van der Waals surface area contributed by atoms with Crippen LogP contribution < -0.4 is 5.32 Å². The molecule has 1 N–H and O–H groups in total. The van der Waals surface area contributed by atoms with E-state index in [2.05, 4.69) is 77.7 Å². The van der Waals surface area contributed by atoms with Gasteiger partial charge in [-0.2, -0.15) is 0 Å². The van der Waals surface area contributed by atoms with Crippen LogP contribution in [0.2, 0.25) is 0 Å². The van der Waals surface area contributed by atoms with E-state index in [1.807, 2.05) is 12.3 Å². The molecule has 0 amide bonds. The second kappa shape index (κ2) is 10.2. The zero-order valence-electron chi connectivity index (χ0n) is 20.2. The number of hydrogen-bond donors (Lipinski definition) is 1. The first-order valence-electron chi connectivity index (χ1n) is 12.1. The van der Waals surface area contributed by atoms with E-state index in [-0.39, 0.29) is 0 Å². The summed E-state index contributed by atoms with van der Waals surface area (Å²) in [6, 6.07) is 14.8. The monoisotopic (exact) mass is 472 g/mol. The number of fused-ring (bicyclic) bond motifs is 1. The summed E-state index contributed by atoms with van der Waals surface area (Å²) in [6.45, 7) is 13.3. The Morgan fingerprint density at radius 1 is 0.941 bits per heavy atom. The van der Waals surface area contributed by atoms with Gasteiger partial charge in [0.2, 0.25) is 0 Å². The lowest BCUT2D eigenvalue weighted by atomic mass is 10.0. The lowest BCUT2D eigenvalue weighted by molar-refractivity contribution is 0.132. The number of anilines is 2. The quantitative estimate of drug-likeness (QED) is 0.369. The van der Waals surface area contributed by atoms with Gasteiger partial charge in [0.1, 0.15) is 5.82 Å². The second-order valence-electron chi connectivity index (χ2n) is 9.19. The Kier molecular flexibility index (Phi) is 6.85. The number of nitrogens with zero attached hydrogens (tertiary/aromatic N) is 5. The van der Waals surface area contributed by atoms with Crippen molar-refractivity contribution in [2.24, 2.45) is 0 Å². The van der Waals surface area contributed by atoms with Crippen molar-refractivity contribution in [1.29, 1.82) is 0 Å². The molecule has 3 aromatic heterocycles. The van der Waals surface area contributed by atoms with Gasteiger partial charge in [0, 0.05) is 44.5 Å². The molecule has 6 nitrogen and oxygen atoms in total. The van der Waals surface area contributed by atoms with E-state index in [4.69, 9.17) is 15.0 Å². The van der Waals surface area contributed by atoms with Crippen molar-refractivity contribution in [3.8, 4) is 11.4 Å². The van der Waals surface area contributed by atoms with Crippen molar-refractivity contribution < 1.29 is 0 Å². The van der Waals surface area contributed by atoms with Crippen LogP contribution in [-0.2, 0) is 6.54 Å². The number of nitrogens with one attached hydrogen (secondary N) is 1. The zero-order chi connectivity index (χ0) is 23.5. The van der Waals surface area contributed by atoms with Gasteiger partial charge in [0.15, 0.2) is 11.6 Å². The fourth-order valence-electron chi connectivity index (χ4n) is 4.33. The molecule has 0 spiro atoms. The molecule has 1 aliphatic heterocycles. The molecular formula is C27H32N6S. The summed E-state index contributed by atoms with van der Waals surface area (Å²) in [4.78, 5) is 19.4. The van der Waals surface area contributed by atoms with Gasteiger partial charge in [-0.1, -0.05) is 51.1 Å². The predicted molar refractivity (Wildman–Crippen MR) is 142 cm³/mol. The fraction of sp³-hybridized carbons (Fsp3) is 0.370. The Morgan fingerprint density at radius 2 is 1.71 bits per heavy atom. The molecule has 0 atom stereocenters. The predicted octanol–water partition coefficient (Wildman–Crippen LogP) is 5.76. The number of aromatic nitrogens is 3. The summed E-state index contributed by atoms with van der Waals surface area (Å²) in [5, 5.41) is 5.51. The van der Waals surface area contributed by atoms with Crippen LogP contribution in [0, 0.1) is 0 Å². The number of piperazine rings is 1. The maximum atomic E-state index is 4.88. The summed E-state index contributed by atoms with van der Waals surface area (Å²) in [7, 11) is 0. The molecule has 34 heavy (non-hydrogen) atoms. The molecule has 0 aliphatic carbocycles. The van der Waals surface area contributed by atoms with Gasteiger partial charge >= 0.3 is 0 Å². The van der Waals surface area contributed by atoms with Gasteiger partial charge in [-0.25, -0.2) is 15.0 Å². The van der Waals surface area contributed by atoms with Crippen LogP contribution >= 0.6 is 11.3 Å². The van der Waals surface area contributed by atoms with Crippen LogP contribution in [-0.4, -0.2) is 57.5 Å². The minimum Gasteiger partial charge on any atom is -0.324 e. The molecule has 4 heterocycles. The normalized spacial score (nSPS) is 15.3. The SMILES string of the molecule is CCN1CCN(Cc2ccc(Nc3nc(-c4ccc(C(C)C)cc4)nc4ccsc34)nc2)CC1. The molecular weight excluding hydrogens is 440 g/mol. The van der Waals surface area contributed by atoms with Crippen LogP contribution in [0.3, 0.4) is 0 Å². The maximum absolute atomic E-state index is 4.88. The summed E-state index contributed by atoms with van der Waals surface area (Å²) < 4.78 is 1.04. The molecule has 176 valence electrons. The Bertz CT molecular complexity index is 1220. The second-order valence-corrected chi connectivity index (χ2v) is 10.1. The first-order chi connectivity index (χ1) is 16.6. The summed E-state index contributed by atoms with van der Waals surface area (Å²) in [6.07, 6.45) is 1.98. The summed E-state index contributed by atoms with van der Waals surface area (Å²) in [5.41, 5.74) is 4.53. The van der Waals surface area contributed by atoms with Crippen molar-refractivity contribution in [2.75, 3.05) is 38.0 Å². The molecule has 1 saturated heterocycles. The van der Waals surface area contributed by atoms with E-state index in [9.17, 15) is 0 Å². The molecule has 0 bridgehead atoms. The van der Waals surface area contributed by atoms with E-state index in [0.717, 1.165) is 72.5 Å². The third-order valence-electron chi connectivity index (χ3n) is 6.53. The van der Waals surface area contributed by atoms with Crippen molar-refractivity contribution in [1.82, 2.24) is 24.8 Å². The van der Waals surface area contributed by atoms with E-state index >= 15 is 0 Å². The lowest BCUT2D eigenvalue weighted by Gasteiger charge is -2.33. The van der Waals surface area contributed by atoms with Crippen LogP contribution in [0.4, 0.5) is 11.6 Å². The number of pyridine rings is 1. The van der Waals surface area contributed by atoms with Gasteiger partial charge in [0.05, 0.1) is 10.2 Å². The van der Waals surface area contributed by atoms with Gasteiger partial charge in [0.25, 0.3) is 0 Å². The molecule has 1 fully saturated rings. The van der Waals surface area contributed by atoms with Crippen LogP contribution in [0.15, 0.2) is 54.0 Å². The molecule has 1 aromatic carbocycles. The minimum atomic E-state index is 0.501. The molecule has 0 saturated carbocycles. The molecule has 1 aliphatic rings. The molecule has 7 heteroatoms. The van der Waals surface area contributed by atoms with Gasteiger partial charge in [-0.15, -0.1) is 11.3 Å². The van der Waals surface area contributed by atoms with E-state index in [1.54, 1.807) is 11.3 Å². The minimum absolute atomic E-state index is 0.501. The highest BCUT2D eigenvalue weighted by Gasteiger charge is 2.16. The summed E-state index contributed by atoms with van der Waals surface area (Å²) >= 11 is 1.65. The molecule has 0 radical (unpaired) electrons. The Hall–Kier alpha value is -2.87. The van der Waals surface area contributed by atoms with E-state index < -0.39 is 0 Å². The third-order valence-corrected chi connectivity index (χ3v) is 7.44. The standard InChI is InChI=1S/C27H32N6S/c1-4-32-12-14-33(15-13-32)18-20-5-10-24(28-17-20)30-27-25-23(11-16-34-25)29-26(31-27)22-8-6-21(7-9-22)19(2)3/h5-11,16-17,19H,4,12-15,18H2,1-3H3,(H,28,29,30,31). The van der Waals surface area contributed by atoms with E-state index in [1.165, 1.54) is 11.1 Å². The third kappa shape index (κ3) is 5.12. The Labute approximate surface area is 205 Å². The highest BCUT2D eigenvalue weighted by Crippen LogP contribution is 2.31. The smallest absolute Gasteiger partial charge is 0.162 e. The van der Waals surface area contributed by atoms with Gasteiger partial charge in [-0.05, 0) is 41.1 Å². The van der Waals surface area contributed by atoms with Crippen molar-refractivity contribution in [3.05, 3.63) is 65.2 Å². The van der Waals surface area contributed by atoms with E-state index in [0.29, 0.717) is 5.92 Å². The number of likely N-dealkylation sites (N-methyl/N-ethyl adjacent to an activating group) is 1. The molecule has 5 rings (SSSR count). The Morgan fingerprint density at radius 3 is 2.38 bits per heavy atom. The molecule has 4 aromatic rings. The van der Waals surface area contributed by atoms with Crippen molar-refractivity contribution in [2.45, 2.75) is 33.2 Å². The lowest BCUT2D eigenvalue weighted by Crippen LogP contribution is -2.45. The highest BCUT2D eigenvalue weighted by molar-refractivity contribution is 7.17. The number of hydrogen-bond acceptors (Lipinski definition) is 7. The zero-order valence-corrected chi connectivity index (χ0v) is 21.0. The number of benzene rings is 1. The van der Waals surface area contributed by atoms with Gasteiger partial charge in [-0.3, -0.25) is 4.90 Å². The average molecular weight is 473 g/mol. The van der Waals surface area contributed by atoms with Crippen LogP contribution in [0.25, 0.3) is 21.6 Å². The first-order valence-corrected chi connectivity index (χ1v) is 13.0. The number of rotatable bonds is 7. The number of thiophene rings is 1. The average Bonchev–Trinajstić information content (AvgIpc) is 3.35. The topological polar surface area (TPSA) is 57.2 Å². The first kappa shape index (κ1) is 22.9. The van der Waals surface area contributed by atoms with Crippen molar-refractivity contribution >= 4 is 33.2 Å². The van der Waals surface area contributed by atoms with Crippen molar-refractivity contribution in [3.63, 3.8) is 0 Å².